The Morgan fingerprint density at radius 1 is 1.07 bits per heavy atom. The van der Waals surface area contributed by atoms with Crippen molar-refractivity contribution in [3.05, 3.63) is 48.3 Å². The standard InChI is InChI=1S/C22H29N5/c1-15-6-7-18-16(12-15)9-11-27(18)19-8-10-23-20(25-19)24-17-13-21(2,3)26-22(4,5)14-17/h6-12,17,26H,13-14H2,1-5H3,(H,23,24,25). The van der Waals surface area contributed by atoms with Gasteiger partial charge in [-0.25, -0.2) is 4.98 Å². The van der Waals surface area contributed by atoms with Crippen LogP contribution < -0.4 is 10.6 Å². The van der Waals surface area contributed by atoms with Gasteiger partial charge in [-0.1, -0.05) is 11.6 Å². The van der Waals surface area contributed by atoms with E-state index in [0.29, 0.717) is 12.0 Å². The predicted molar refractivity (Wildman–Crippen MR) is 112 cm³/mol. The van der Waals surface area contributed by atoms with Crippen molar-refractivity contribution in [2.75, 3.05) is 5.32 Å². The van der Waals surface area contributed by atoms with Crippen molar-refractivity contribution in [1.29, 1.82) is 0 Å². The summed E-state index contributed by atoms with van der Waals surface area (Å²) in [6, 6.07) is 10.9. The summed E-state index contributed by atoms with van der Waals surface area (Å²) in [5.41, 5.74) is 2.60. The van der Waals surface area contributed by atoms with Gasteiger partial charge in [0.05, 0.1) is 5.52 Å². The van der Waals surface area contributed by atoms with E-state index in [2.05, 4.69) is 85.3 Å². The molecule has 4 rings (SSSR count). The maximum absolute atomic E-state index is 4.80. The zero-order valence-corrected chi connectivity index (χ0v) is 16.9. The summed E-state index contributed by atoms with van der Waals surface area (Å²) >= 11 is 0. The number of nitrogens with one attached hydrogen (secondary N) is 2. The molecule has 0 radical (unpaired) electrons. The van der Waals surface area contributed by atoms with Crippen molar-refractivity contribution < 1.29 is 0 Å². The van der Waals surface area contributed by atoms with Crippen LogP contribution in [-0.4, -0.2) is 31.7 Å². The molecule has 1 aliphatic rings. The Morgan fingerprint density at radius 3 is 2.56 bits per heavy atom. The molecule has 2 N–H and O–H groups in total. The number of anilines is 1. The fourth-order valence-electron chi connectivity index (χ4n) is 4.62. The van der Waals surface area contributed by atoms with Crippen LogP contribution >= 0.6 is 0 Å². The average Bonchev–Trinajstić information content (AvgIpc) is 2.95. The molecular weight excluding hydrogens is 334 g/mol. The highest BCUT2D eigenvalue weighted by Gasteiger charge is 2.37. The highest BCUT2D eigenvalue weighted by atomic mass is 15.2. The zero-order chi connectivity index (χ0) is 19.2. The van der Waals surface area contributed by atoms with Crippen LogP contribution in [0.3, 0.4) is 0 Å². The molecule has 0 unspecified atom stereocenters. The Bertz CT molecular complexity index is 954. The molecule has 27 heavy (non-hydrogen) atoms. The van der Waals surface area contributed by atoms with Crippen LogP contribution in [0.4, 0.5) is 5.95 Å². The monoisotopic (exact) mass is 363 g/mol. The minimum absolute atomic E-state index is 0.0888. The van der Waals surface area contributed by atoms with Crippen LogP contribution in [0.15, 0.2) is 42.7 Å². The number of nitrogens with zero attached hydrogens (tertiary/aromatic N) is 3. The Balaban J connectivity index is 1.61. The third kappa shape index (κ3) is 3.83. The minimum atomic E-state index is 0.0888. The quantitative estimate of drug-likeness (QED) is 0.722. The first-order valence-electron chi connectivity index (χ1n) is 9.68. The Labute approximate surface area is 161 Å². The lowest BCUT2D eigenvalue weighted by Crippen LogP contribution is -2.60. The fourth-order valence-corrected chi connectivity index (χ4v) is 4.62. The summed E-state index contributed by atoms with van der Waals surface area (Å²) < 4.78 is 2.12. The SMILES string of the molecule is Cc1ccc2c(ccn2-c2ccnc(NC3CC(C)(C)NC(C)(C)C3)n2)c1. The summed E-state index contributed by atoms with van der Waals surface area (Å²) in [6.45, 7) is 11.1. The van der Waals surface area contributed by atoms with E-state index in [1.165, 1.54) is 10.9 Å². The van der Waals surface area contributed by atoms with E-state index in [1.807, 2.05) is 12.3 Å². The van der Waals surface area contributed by atoms with Crippen LogP contribution in [0.25, 0.3) is 16.7 Å². The van der Waals surface area contributed by atoms with Gasteiger partial charge in [0.2, 0.25) is 5.95 Å². The second kappa shape index (κ2) is 6.34. The highest BCUT2D eigenvalue weighted by Crippen LogP contribution is 2.30. The number of aryl methyl sites for hydroxylation is 1. The summed E-state index contributed by atoms with van der Waals surface area (Å²) in [4.78, 5) is 9.27. The molecule has 0 atom stereocenters. The van der Waals surface area contributed by atoms with Gasteiger partial charge in [0, 0.05) is 34.9 Å². The summed E-state index contributed by atoms with van der Waals surface area (Å²) in [5, 5.41) is 8.52. The maximum atomic E-state index is 4.80. The number of benzene rings is 1. The first-order chi connectivity index (χ1) is 12.7. The van der Waals surface area contributed by atoms with Gasteiger partial charge in [-0.3, -0.25) is 0 Å². The number of rotatable bonds is 3. The number of hydrogen-bond donors (Lipinski definition) is 2. The smallest absolute Gasteiger partial charge is 0.224 e. The molecule has 0 saturated carbocycles. The summed E-state index contributed by atoms with van der Waals surface area (Å²) in [7, 11) is 0. The lowest BCUT2D eigenvalue weighted by Gasteiger charge is -2.46. The van der Waals surface area contributed by atoms with E-state index in [-0.39, 0.29) is 11.1 Å². The van der Waals surface area contributed by atoms with E-state index in [1.54, 1.807) is 0 Å². The predicted octanol–water partition coefficient (Wildman–Crippen LogP) is 4.45. The molecule has 0 bridgehead atoms. The highest BCUT2D eigenvalue weighted by molar-refractivity contribution is 5.82. The molecular formula is C22H29N5. The topological polar surface area (TPSA) is 54.8 Å². The number of hydrogen-bond acceptors (Lipinski definition) is 4. The van der Waals surface area contributed by atoms with Crippen molar-refractivity contribution in [2.24, 2.45) is 0 Å². The van der Waals surface area contributed by atoms with Crippen molar-refractivity contribution in [3.8, 4) is 5.82 Å². The van der Waals surface area contributed by atoms with Gasteiger partial charge >= 0.3 is 0 Å². The molecule has 3 heterocycles. The molecule has 0 amide bonds. The Kier molecular flexibility index (Phi) is 4.22. The van der Waals surface area contributed by atoms with E-state index < -0.39 is 0 Å². The molecule has 1 aliphatic heterocycles. The van der Waals surface area contributed by atoms with Crippen molar-refractivity contribution in [1.82, 2.24) is 19.9 Å². The van der Waals surface area contributed by atoms with Gasteiger partial charge in [0.25, 0.3) is 0 Å². The molecule has 2 aromatic heterocycles. The lowest BCUT2D eigenvalue weighted by atomic mass is 9.80. The second-order valence-corrected chi connectivity index (χ2v) is 9.13. The Morgan fingerprint density at radius 2 is 1.81 bits per heavy atom. The van der Waals surface area contributed by atoms with Crippen molar-refractivity contribution >= 4 is 16.9 Å². The van der Waals surface area contributed by atoms with Gasteiger partial charge in [-0.2, -0.15) is 4.98 Å². The maximum Gasteiger partial charge on any atom is 0.224 e. The molecule has 5 nitrogen and oxygen atoms in total. The fraction of sp³-hybridized carbons (Fsp3) is 0.455. The van der Waals surface area contributed by atoms with Gasteiger partial charge in [0.15, 0.2) is 0 Å². The number of fused-ring (bicyclic) bond motifs is 1. The van der Waals surface area contributed by atoms with Gasteiger partial charge in [-0.15, -0.1) is 0 Å². The van der Waals surface area contributed by atoms with Crippen LogP contribution in [0, 0.1) is 6.92 Å². The molecule has 3 aromatic rings. The van der Waals surface area contributed by atoms with Gasteiger partial charge in [-0.05, 0) is 71.7 Å². The summed E-state index contributed by atoms with van der Waals surface area (Å²) in [5.74, 6) is 1.58. The third-order valence-electron chi connectivity index (χ3n) is 5.26. The largest absolute Gasteiger partial charge is 0.351 e. The second-order valence-electron chi connectivity index (χ2n) is 9.13. The third-order valence-corrected chi connectivity index (χ3v) is 5.26. The average molecular weight is 364 g/mol. The van der Waals surface area contributed by atoms with E-state index >= 15 is 0 Å². The minimum Gasteiger partial charge on any atom is -0.351 e. The van der Waals surface area contributed by atoms with Crippen LogP contribution in [0.1, 0.15) is 46.1 Å². The van der Waals surface area contributed by atoms with Gasteiger partial charge in [0.1, 0.15) is 5.82 Å². The van der Waals surface area contributed by atoms with E-state index in [4.69, 9.17) is 4.98 Å². The molecule has 1 fully saturated rings. The Hall–Kier alpha value is -2.40. The lowest BCUT2D eigenvalue weighted by molar-refractivity contribution is 0.170. The van der Waals surface area contributed by atoms with E-state index in [9.17, 15) is 0 Å². The molecule has 142 valence electrons. The zero-order valence-electron chi connectivity index (χ0n) is 16.9. The molecule has 0 aliphatic carbocycles. The van der Waals surface area contributed by atoms with Gasteiger partial charge < -0.3 is 15.2 Å². The summed E-state index contributed by atoms with van der Waals surface area (Å²) in [6.07, 6.45) is 5.99. The molecule has 1 saturated heterocycles. The normalized spacial score (nSPS) is 19.3. The van der Waals surface area contributed by atoms with Crippen molar-refractivity contribution in [2.45, 2.75) is 64.6 Å². The van der Waals surface area contributed by atoms with E-state index in [0.717, 1.165) is 24.2 Å². The van der Waals surface area contributed by atoms with Crippen LogP contribution in [0.2, 0.25) is 0 Å². The molecule has 5 heteroatoms. The van der Waals surface area contributed by atoms with Crippen LogP contribution in [-0.2, 0) is 0 Å². The van der Waals surface area contributed by atoms with Crippen molar-refractivity contribution in [3.63, 3.8) is 0 Å². The molecule has 1 aromatic carbocycles. The molecule has 0 spiro atoms. The first-order valence-corrected chi connectivity index (χ1v) is 9.68. The van der Waals surface area contributed by atoms with Crippen LogP contribution in [0.5, 0.6) is 0 Å². The number of aromatic nitrogens is 3. The number of piperidine rings is 1. The first kappa shape index (κ1) is 18.0.